The van der Waals surface area contributed by atoms with E-state index < -0.39 is 29.2 Å². The number of anilines is 1. The molecule has 0 amide bonds. The molecular formula is C22H16ClF2N5O3. The van der Waals surface area contributed by atoms with Crippen molar-refractivity contribution in [2.75, 3.05) is 5.32 Å². The van der Waals surface area contributed by atoms with Gasteiger partial charge in [-0.25, -0.2) is 28.5 Å². The first-order valence-electron chi connectivity index (χ1n) is 9.64. The number of nitrogens with zero attached hydrogens (tertiary/aromatic N) is 4. The van der Waals surface area contributed by atoms with Gasteiger partial charge in [0, 0.05) is 12.6 Å². The summed E-state index contributed by atoms with van der Waals surface area (Å²) < 4.78 is 29.0. The van der Waals surface area contributed by atoms with Crippen molar-refractivity contribution in [1.29, 1.82) is 0 Å². The minimum atomic E-state index is -1.30. The minimum absolute atomic E-state index is 0.00316. The van der Waals surface area contributed by atoms with E-state index in [0.29, 0.717) is 5.56 Å². The van der Waals surface area contributed by atoms with Crippen LogP contribution in [0.3, 0.4) is 0 Å². The Morgan fingerprint density at radius 2 is 1.91 bits per heavy atom. The number of nitrogens with one attached hydrogen (secondary N) is 1. The second-order valence-corrected chi connectivity index (χ2v) is 7.64. The average Bonchev–Trinajstić information content (AvgIpc) is 2.77. The van der Waals surface area contributed by atoms with Crippen molar-refractivity contribution in [2.45, 2.75) is 13.0 Å². The van der Waals surface area contributed by atoms with Crippen LogP contribution in [0.5, 0.6) is 0 Å². The molecule has 11 heteroatoms. The first-order chi connectivity index (χ1) is 15.7. The van der Waals surface area contributed by atoms with Crippen molar-refractivity contribution in [3.05, 3.63) is 81.0 Å². The molecule has 0 radical (unpaired) electrons. The molecule has 8 nitrogen and oxygen atoms in total. The second-order valence-electron chi connectivity index (χ2n) is 7.25. The van der Waals surface area contributed by atoms with Gasteiger partial charge in [0.2, 0.25) is 0 Å². The van der Waals surface area contributed by atoms with E-state index in [9.17, 15) is 23.5 Å². The molecule has 4 rings (SSSR count). The van der Waals surface area contributed by atoms with E-state index in [1.54, 1.807) is 6.92 Å². The Hall–Kier alpha value is -3.92. The van der Waals surface area contributed by atoms with Gasteiger partial charge in [0.15, 0.2) is 11.5 Å². The number of hydrogen-bond acceptors (Lipinski definition) is 6. The van der Waals surface area contributed by atoms with Crippen LogP contribution in [0.2, 0.25) is 5.15 Å². The van der Waals surface area contributed by atoms with Crippen LogP contribution < -0.4 is 10.9 Å². The Morgan fingerprint density at radius 1 is 1.15 bits per heavy atom. The lowest BCUT2D eigenvalue weighted by molar-refractivity contribution is 0.0691. The first kappa shape index (κ1) is 22.3. The highest BCUT2D eigenvalue weighted by molar-refractivity contribution is 6.29. The summed E-state index contributed by atoms with van der Waals surface area (Å²) in [6.07, 6.45) is 1.00. The number of carbonyl (C=O) groups is 1. The van der Waals surface area contributed by atoms with Crippen LogP contribution in [-0.4, -0.2) is 30.6 Å². The van der Waals surface area contributed by atoms with Crippen molar-refractivity contribution >= 4 is 34.2 Å². The van der Waals surface area contributed by atoms with E-state index in [4.69, 9.17) is 11.6 Å². The topological polar surface area (TPSA) is 110 Å². The number of aromatic carboxylic acids is 1. The second kappa shape index (κ2) is 8.55. The zero-order valence-electron chi connectivity index (χ0n) is 17.3. The smallest absolute Gasteiger partial charge is 0.356 e. The zero-order chi connectivity index (χ0) is 23.9. The molecule has 168 valence electrons. The number of benzene rings is 1. The fourth-order valence-electron chi connectivity index (χ4n) is 3.46. The van der Waals surface area contributed by atoms with Crippen molar-refractivity contribution in [3.63, 3.8) is 0 Å². The van der Waals surface area contributed by atoms with Crippen LogP contribution in [0.4, 0.5) is 14.5 Å². The van der Waals surface area contributed by atoms with Gasteiger partial charge in [0.1, 0.15) is 22.5 Å². The summed E-state index contributed by atoms with van der Waals surface area (Å²) in [5.41, 5.74) is 0.0743. The largest absolute Gasteiger partial charge is 0.476 e. The van der Waals surface area contributed by atoms with Crippen LogP contribution in [0, 0.1) is 11.6 Å². The molecule has 1 atom stereocenters. The third-order valence-corrected chi connectivity index (χ3v) is 5.24. The van der Waals surface area contributed by atoms with Gasteiger partial charge >= 0.3 is 5.97 Å². The number of pyridine rings is 2. The van der Waals surface area contributed by atoms with Crippen molar-refractivity contribution in [2.24, 2.45) is 7.05 Å². The number of carboxylic acids is 1. The van der Waals surface area contributed by atoms with Crippen molar-refractivity contribution in [1.82, 2.24) is 19.5 Å². The molecule has 0 spiro atoms. The summed E-state index contributed by atoms with van der Waals surface area (Å²) in [7, 11) is 1.46. The standard InChI is InChI=1S/C22H16ClF2N5O3/c1-10(27-15-5-6-17(23)28-19(15)22(32)33)13-7-12(25)8-14-18(13)29-20(30(2)21(14)31)16-4-3-11(24)9-26-16/h3-10,27H,1-2H3,(H,32,33)/t10-/m1/s1. The number of halogens is 3. The van der Waals surface area contributed by atoms with E-state index in [2.05, 4.69) is 20.3 Å². The quantitative estimate of drug-likeness (QED) is 0.420. The lowest BCUT2D eigenvalue weighted by Gasteiger charge is -2.19. The van der Waals surface area contributed by atoms with Gasteiger partial charge in [-0.15, -0.1) is 0 Å². The summed E-state index contributed by atoms with van der Waals surface area (Å²) in [5, 5.41) is 12.4. The number of rotatable bonds is 5. The van der Waals surface area contributed by atoms with Crippen LogP contribution in [-0.2, 0) is 7.05 Å². The maximum Gasteiger partial charge on any atom is 0.356 e. The molecule has 0 aliphatic carbocycles. The molecule has 0 fully saturated rings. The van der Waals surface area contributed by atoms with Gasteiger partial charge in [-0.05, 0) is 43.3 Å². The molecule has 33 heavy (non-hydrogen) atoms. The molecule has 3 aromatic heterocycles. The van der Waals surface area contributed by atoms with Crippen LogP contribution >= 0.6 is 11.6 Å². The first-order valence-corrected chi connectivity index (χ1v) is 10.0. The van der Waals surface area contributed by atoms with Gasteiger partial charge in [0.05, 0.1) is 28.8 Å². The lowest BCUT2D eigenvalue weighted by Crippen LogP contribution is -2.22. The highest BCUT2D eigenvalue weighted by atomic mass is 35.5. The predicted octanol–water partition coefficient (Wildman–Crippen LogP) is 4.19. The van der Waals surface area contributed by atoms with E-state index in [1.165, 1.54) is 41.9 Å². The van der Waals surface area contributed by atoms with E-state index in [1.807, 2.05) is 0 Å². The molecule has 0 aliphatic heterocycles. The number of aromatic nitrogens is 4. The molecule has 2 N–H and O–H groups in total. The van der Waals surface area contributed by atoms with E-state index in [0.717, 1.165) is 12.3 Å². The van der Waals surface area contributed by atoms with Gasteiger partial charge in [-0.1, -0.05) is 11.6 Å². The lowest BCUT2D eigenvalue weighted by atomic mass is 10.0. The number of hydrogen-bond donors (Lipinski definition) is 2. The molecule has 0 saturated heterocycles. The van der Waals surface area contributed by atoms with E-state index in [-0.39, 0.29) is 39.0 Å². The third kappa shape index (κ3) is 4.24. The molecule has 0 unspecified atom stereocenters. The molecule has 3 heterocycles. The van der Waals surface area contributed by atoms with Gasteiger partial charge in [-0.3, -0.25) is 9.36 Å². The highest BCUT2D eigenvalue weighted by Gasteiger charge is 2.21. The predicted molar refractivity (Wildman–Crippen MR) is 118 cm³/mol. The molecule has 4 aromatic rings. The van der Waals surface area contributed by atoms with Crippen molar-refractivity contribution < 1.29 is 18.7 Å². The van der Waals surface area contributed by atoms with Gasteiger partial charge < -0.3 is 10.4 Å². The highest BCUT2D eigenvalue weighted by Crippen LogP contribution is 2.29. The molecule has 1 aromatic carbocycles. The van der Waals surface area contributed by atoms with Crippen molar-refractivity contribution in [3.8, 4) is 11.5 Å². The Kier molecular flexibility index (Phi) is 5.77. The molecule has 0 saturated carbocycles. The average molecular weight is 472 g/mol. The minimum Gasteiger partial charge on any atom is -0.476 e. The summed E-state index contributed by atoms with van der Waals surface area (Å²) in [6.45, 7) is 1.66. The monoisotopic (exact) mass is 471 g/mol. The maximum atomic E-state index is 14.5. The summed E-state index contributed by atoms with van der Waals surface area (Å²) in [6, 6.07) is 7.03. The molecular weight excluding hydrogens is 456 g/mol. The number of fused-ring (bicyclic) bond motifs is 1. The Balaban J connectivity index is 1.88. The molecule has 0 bridgehead atoms. The third-order valence-electron chi connectivity index (χ3n) is 5.03. The summed E-state index contributed by atoms with van der Waals surface area (Å²) in [5.74, 6) is -2.35. The van der Waals surface area contributed by atoms with Crippen LogP contribution in [0.15, 0.2) is 47.4 Å². The Bertz CT molecular complexity index is 1460. The van der Waals surface area contributed by atoms with E-state index >= 15 is 0 Å². The van der Waals surface area contributed by atoms with Gasteiger partial charge in [0.25, 0.3) is 5.56 Å². The SMILES string of the molecule is C[C@@H](Nc1ccc(Cl)nc1C(=O)O)c1cc(F)cc2c(=O)n(C)c(-c3ccc(F)cn3)nc12. The number of carboxylic acid groups (broad SMARTS) is 1. The summed E-state index contributed by atoms with van der Waals surface area (Å²) in [4.78, 5) is 36.9. The van der Waals surface area contributed by atoms with Crippen LogP contribution in [0.1, 0.15) is 29.0 Å². The van der Waals surface area contributed by atoms with Crippen LogP contribution in [0.25, 0.3) is 22.4 Å². The Morgan fingerprint density at radius 3 is 2.58 bits per heavy atom. The zero-order valence-corrected chi connectivity index (χ0v) is 18.1. The maximum absolute atomic E-state index is 14.5. The van der Waals surface area contributed by atoms with Gasteiger partial charge in [-0.2, -0.15) is 0 Å². The molecule has 0 aliphatic rings. The Labute approximate surface area is 190 Å². The fraction of sp³-hybridized carbons (Fsp3) is 0.136. The normalized spacial score (nSPS) is 12.0. The fourth-order valence-corrected chi connectivity index (χ4v) is 3.61. The summed E-state index contributed by atoms with van der Waals surface area (Å²) >= 11 is 5.80.